The summed E-state index contributed by atoms with van der Waals surface area (Å²) in [6.07, 6.45) is 10.5. The van der Waals surface area contributed by atoms with Crippen molar-refractivity contribution in [1.29, 1.82) is 0 Å². The minimum absolute atomic E-state index is 0.0938. The van der Waals surface area contributed by atoms with Gasteiger partial charge in [0.25, 0.3) is 0 Å². The Bertz CT molecular complexity index is 674. The number of ether oxygens (including phenoxy) is 2. The molecule has 1 aromatic rings. The quantitative estimate of drug-likeness (QED) is 0.183. The number of carbonyl (C=O) groups excluding carboxylic acids is 2. The molecule has 6 nitrogen and oxygen atoms in total. The molecular formula is C26H44N2O4. The van der Waals surface area contributed by atoms with Crippen molar-refractivity contribution >= 4 is 17.6 Å². The van der Waals surface area contributed by atoms with Gasteiger partial charge < -0.3 is 20.1 Å². The van der Waals surface area contributed by atoms with Gasteiger partial charge in [0.15, 0.2) is 0 Å². The molecule has 0 aliphatic rings. The molecule has 0 bridgehead atoms. The number of nitrogens with zero attached hydrogens (tertiary/aromatic N) is 1. The summed E-state index contributed by atoms with van der Waals surface area (Å²) >= 11 is 0. The molecule has 0 saturated heterocycles. The van der Waals surface area contributed by atoms with Gasteiger partial charge in [-0.15, -0.1) is 0 Å². The maximum Gasteiger partial charge on any atom is 0.341 e. The van der Waals surface area contributed by atoms with Gasteiger partial charge in [0.1, 0.15) is 6.61 Å². The van der Waals surface area contributed by atoms with Gasteiger partial charge in [0, 0.05) is 12.2 Å². The number of rotatable bonds is 17. The van der Waals surface area contributed by atoms with Gasteiger partial charge in [0.2, 0.25) is 0 Å². The van der Waals surface area contributed by atoms with Crippen LogP contribution in [0.25, 0.3) is 0 Å². The van der Waals surface area contributed by atoms with Crippen LogP contribution < -0.4 is 5.73 Å². The Morgan fingerprint density at radius 1 is 0.938 bits per heavy atom. The Morgan fingerprint density at radius 2 is 1.56 bits per heavy atom. The fourth-order valence-corrected chi connectivity index (χ4v) is 3.72. The second-order valence-electron chi connectivity index (χ2n) is 8.41. The Labute approximate surface area is 194 Å². The molecule has 0 heterocycles. The molecule has 1 aromatic carbocycles. The van der Waals surface area contributed by atoms with E-state index in [9.17, 15) is 9.59 Å². The van der Waals surface area contributed by atoms with Crippen molar-refractivity contribution in [2.24, 2.45) is 0 Å². The lowest BCUT2D eigenvalue weighted by molar-refractivity contribution is 0.0305. The minimum Gasteiger partial charge on any atom is -0.461 e. The number of carbonyl (C=O) groups is 2. The lowest BCUT2D eigenvalue weighted by Gasteiger charge is -2.18. The average molecular weight is 449 g/mol. The number of nitrogens with two attached hydrogens (primary N) is 1. The number of benzene rings is 1. The molecule has 2 N–H and O–H groups in total. The Hall–Kier alpha value is -2.08. The molecule has 0 saturated carbocycles. The number of anilines is 1. The van der Waals surface area contributed by atoms with Crippen molar-refractivity contribution in [3.05, 3.63) is 29.3 Å². The Morgan fingerprint density at radius 3 is 2.19 bits per heavy atom. The molecule has 0 aliphatic carbocycles. The number of likely N-dealkylation sites (N-methyl/N-ethyl adjacent to an activating group) is 1. The normalized spacial score (nSPS) is 12.0. The van der Waals surface area contributed by atoms with Gasteiger partial charge in [-0.1, -0.05) is 71.8 Å². The van der Waals surface area contributed by atoms with E-state index >= 15 is 0 Å². The zero-order valence-corrected chi connectivity index (χ0v) is 20.7. The third-order valence-corrected chi connectivity index (χ3v) is 5.83. The van der Waals surface area contributed by atoms with E-state index in [1.807, 2.05) is 6.92 Å². The van der Waals surface area contributed by atoms with Gasteiger partial charge in [-0.25, -0.2) is 9.59 Å². The van der Waals surface area contributed by atoms with Crippen molar-refractivity contribution in [1.82, 2.24) is 4.90 Å². The van der Waals surface area contributed by atoms with Crippen molar-refractivity contribution in [3.8, 4) is 0 Å². The molecule has 0 radical (unpaired) electrons. The summed E-state index contributed by atoms with van der Waals surface area (Å²) in [4.78, 5) is 27.5. The first-order chi connectivity index (χ1) is 15.4. The summed E-state index contributed by atoms with van der Waals surface area (Å²) < 4.78 is 11.0. The number of hydrogen-bond acceptors (Lipinski definition) is 6. The van der Waals surface area contributed by atoms with Gasteiger partial charge >= 0.3 is 11.9 Å². The monoisotopic (exact) mass is 448 g/mol. The highest BCUT2D eigenvalue weighted by Crippen LogP contribution is 2.21. The van der Waals surface area contributed by atoms with Crippen LogP contribution in [0, 0.1) is 0 Å². The lowest BCUT2D eigenvalue weighted by Crippen LogP contribution is -2.28. The van der Waals surface area contributed by atoms with Crippen LogP contribution in [0.4, 0.5) is 5.69 Å². The van der Waals surface area contributed by atoms with E-state index in [0.717, 1.165) is 32.4 Å². The average Bonchev–Trinajstić information content (AvgIpc) is 2.78. The predicted molar refractivity (Wildman–Crippen MR) is 131 cm³/mol. The number of unbranched alkanes of at least 4 members (excludes halogenated alkanes) is 7. The van der Waals surface area contributed by atoms with Gasteiger partial charge in [0.05, 0.1) is 17.2 Å². The predicted octanol–water partition coefficient (Wildman–Crippen LogP) is 5.84. The van der Waals surface area contributed by atoms with E-state index in [1.54, 1.807) is 18.2 Å². The van der Waals surface area contributed by atoms with Crippen molar-refractivity contribution < 1.29 is 19.1 Å². The summed E-state index contributed by atoms with van der Waals surface area (Å²) in [6, 6.07) is 4.83. The van der Waals surface area contributed by atoms with Crippen LogP contribution in [0.5, 0.6) is 0 Å². The second kappa shape index (κ2) is 16.5. The number of esters is 2. The SMILES string of the molecule is CCCCCCCCCCC(C)OC(=O)c1cccc(N)c1C(=O)OCCN(CC)CC. The molecule has 32 heavy (non-hydrogen) atoms. The third-order valence-electron chi connectivity index (χ3n) is 5.83. The summed E-state index contributed by atoms with van der Waals surface area (Å²) in [5.74, 6) is -1.11. The highest BCUT2D eigenvalue weighted by atomic mass is 16.5. The molecule has 1 atom stereocenters. The van der Waals surface area contributed by atoms with Gasteiger partial charge in [-0.05, 0) is 45.0 Å². The third kappa shape index (κ3) is 10.5. The number of hydrogen-bond donors (Lipinski definition) is 1. The van der Waals surface area contributed by atoms with Gasteiger partial charge in [-0.3, -0.25) is 0 Å². The molecule has 0 aromatic heterocycles. The van der Waals surface area contributed by atoms with Crippen LogP contribution in [0.1, 0.15) is 106 Å². The first kappa shape index (κ1) is 28.0. The van der Waals surface area contributed by atoms with Crippen molar-refractivity contribution in [2.75, 3.05) is 32.0 Å². The van der Waals surface area contributed by atoms with Crippen molar-refractivity contribution in [3.63, 3.8) is 0 Å². The van der Waals surface area contributed by atoms with E-state index < -0.39 is 11.9 Å². The second-order valence-corrected chi connectivity index (χ2v) is 8.41. The molecule has 0 fully saturated rings. The molecule has 0 aliphatic heterocycles. The molecule has 6 heteroatoms. The van der Waals surface area contributed by atoms with Crippen LogP contribution in [0.2, 0.25) is 0 Å². The standard InChI is InChI=1S/C26H44N2O4/c1-5-8-9-10-11-12-13-14-16-21(4)32-25(29)22-17-15-18-23(27)24(22)26(30)31-20-19-28(6-2)7-3/h15,17-18,21H,5-14,16,19-20,27H2,1-4H3. The largest absolute Gasteiger partial charge is 0.461 e. The maximum absolute atomic E-state index is 12.7. The molecule has 1 rings (SSSR count). The van der Waals surface area contributed by atoms with Crippen LogP contribution in [0.15, 0.2) is 18.2 Å². The lowest BCUT2D eigenvalue weighted by atomic mass is 10.0. The fraction of sp³-hybridized carbons (Fsp3) is 0.692. The Balaban J connectivity index is 2.53. The minimum atomic E-state index is -0.585. The van der Waals surface area contributed by atoms with E-state index in [4.69, 9.17) is 15.2 Å². The van der Waals surface area contributed by atoms with Gasteiger partial charge in [-0.2, -0.15) is 0 Å². The highest BCUT2D eigenvalue weighted by Gasteiger charge is 2.23. The van der Waals surface area contributed by atoms with Crippen LogP contribution >= 0.6 is 0 Å². The van der Waals surface area contributed by atoms with Crippen LogP contribution in [0.3, 0.4) is 0 Å². The zero-order valence-electron chi connectivity index (χ0n) is 20.7. The summed E-state index contributed by atoms with van der Waals surface area (Å²) in [5.41, 5.74) is 6.50. The van der Waals surface area contributed by atoms with E-state index in [2.05, 4.69) is 25.7 Å². The molecule has 182 valence electrons. The van der Waals surface area contributed by atoms with Crippen molar-refractivity contribution in [2.45, 2.75) is 91.6 Å². The maximum atomic E-state index is 12.7. The van der Waals surface area contributed by atoms with Crippen LogP contribution in [-0.2, 0) is 9.47 Å². The first-order valence-corrected chi connectivity index (χ1v) is 12.4. The van der Waals surface area contributed by atoms with E-state index in [1.165, 1.54) is 38.5 Å². The summed E-state index contributed by atoms with van der Waals surface area (Å²) in [5, 5.41) is 0. The smallest absolute Gasteiger partial charge is 0.341 e. The highest BCUT2D eigenvalue weighted by molar-refractivity contribution is 6.06. The summed E-state index contributed by atoms with van der Waals surface area (Å²) in [6.45, 7) is 10.9. The molecule has 0 spiro atoms. The van der Waals surface area contributed by atoms with E-state index in [0.29, 0.717) is 6.54 Å². The topological polar surface area (TPSA) is 81.9 Å². The Kier molecular flexibility index (Phi) is 14.4. The first-order valence-electron chi connectivity index (χ1n) is 12.4. The zero-order chi connectivity index (χ0) is 23.8. The summed E-state index contributed by atoms with van der Waals surface area (Å²) in [7, 11) is 0. The number of nitrogen functional groups attached to an aromatic ring is 1. The molecule has 1 unspecified atom stereocenters. The van der Waals surface area contributed by atoms with E-state index in [-0.39, 0.29) is 29.5 Å². The fourth-order valence-electron chi connectivity index (χ4n) is 3.72. The molecule has 0 amide bonds. The molecular weight excluding hydrogens is 404 g/mol. The van der Waals surface area contributed by atoms with Crippen LogP contribution in [-0.4, -0.2) is 49.2 Å².